The van der Waals surface area contributed by atoms with Gasteiger partial charge in [0.1, 0.15) is 5.75 Å². The molecular weight excluding hydrogens is 220 g/mol. The minimum atomic E-state index is 0.310. The molecule has 0 heterocycles. The van der Waals surface area contributed by atoms with Crippen LogP contribution in [-0.2, 0) is 6.42 Å². The number of benzene rings is 1. The highest BCUT2D eigenvalue weighted by atomic mass is 35.5. The maximum Gasteiger partial charge on any atom is 0.115 e. The number of aryl methyl sites for hydroxylation is 1. The quantitative estimate of drug-likeness (QED) is 0.783. The van der Waals surface area contributed by atoms with Gasteiger partial charge in [-0.1, -0.05) is 25.0 Å². The second-order valence-electron chi connectivity index (χ2n) is 4.77. The van der Waals surface area contributed by atoms with Gasteiger partial charge in [-0.2, -0.15) is 0 Å². The van der Waals surface area contributed by atoms with Crippen LogP contribution >= 0.6 is 11.6 Å². The molecular formula is C14H19ClO. The number of phenols is 1. The van der Waals surface area contributed by atoms with Crippen molar-refractivity contribution in [2.45, 2.75) is 43.9 Å². The van der Waals surface area contributed by atoms with Crippen LogP contribution in [0.5, 0.6) is 5.75 Å². The van der Waals surface area contributed by atoms with Crippen molar-refractivity contribution < 1.29 is 5.11 Å². The van der Waals surface area contributed by atoms with Gasteiger partial charge in [-0.25, -0.2) is 0 Å². The zero-order chi connectivity index (χ0) is 11.4. The predicted octanol–water partition coefficient (Wildman–Crippen LogP) is 4.12. The Morgan fingerprint density at radius 2 is 2.06 bits per heavy atom. The van der Waals surface area contributed by atoms with Crippen molar-refractivity contribution in [1.82, 2.24) is 0 Å². The van der Waals surface area contributed by atoms with Crippen LogP contribution in [0.3, 0.4) is 0 Å². The fourth-order valence-electron chi connectivity index (χ4n) is 2.57. The van der Waals surface area contributed by atoms with Crippen LogP contribution in [0.25, 0.3) is 0 Å². The Morgan fingerprint density at radius 3 is 2.75 bits per heavy atom. The molecule has 1 fully saturated rings. The molecule has 0 bridgehead atoms. The summed E-state index contributed by atoms with van der Waals surface area (Å²) in [5.74, 6) is 1.07. The molecule has 88 valence electrons. The van der Waals surface area contributed by atoms with Crippen molar-refractivity contribution in [3.63, 3.8) is 0 Å². The molecule has 16 heavy (non-hydrogen) atoms. The lowest BCUT2D eigenvalue weighted by atomic mass is 9.98. The van der Waals surface area contributed by atoms with Gasteiger partial charge in [0.25, 0.3) is 0 Å². The topological polar surface area (TPSA) is 20.2 Å². The van der Waals surface area contributed by atoms with E-state index >= 15 is 0 Å². The monoisotopic (exact) mass is 238 g/mol. The van der Waals surface area contributed by atoms with E-state index in [1.807, 2.05) is 12.1 Å². The van der Waals surface area contributed by atoms with Gasteiger partial charge in [-0.05, 0) is 49.3 Å². The first-order chi connectivity index (χ1) is 7.75. The SMILES string of the molecule is Oc1cccc(CCC(Cl)C2CCCC2)c1. The van der Waals surface area contributed by atoms with Gasteiger partial charge in [0, 0.05) is 5.38 Å². The van der Waals surface area contributed by atoms with Crippen LogP contribution in [-0.4, -0.2) is 10.5 Å². The zero-order valence-corrected chi connectivity index (χ0v) is 10.3. The summed E-state index contributed by atoms with van der Waals surface area (Å²) in [6, 6.07) is 7.48. The number of rotatable bonds is 4. The summed E-state index contributed by atoms with van der Waals surface area (Å²) in [4.78, 5) is 0. The van der Waals surface area contributed by atoms with E-state index in [1.54, 1.807) is 6.07 Å². The summed E-state index contributed by atoms with van der Waals surface area (Å²) < 4.78 is 0. The number of phenolic OH excluding ortho intramolecular Hbond substituents is 1. The Balaban J connectivity index is 1.82. The number of aromatic hydroxyl groups is 1. The summed E-state index contributed by atoms with van der Waals surface area (Å²) in [7, 11) is 0. The summed E-state index contributed by atoms with van der Waals surface area (Å²) in [5.41, 5.74) is 1.18. The third kappa shape index (κ3) is 3.15. The first-order valence-electron chi connectivity index (χ1n) is 6.17. The second kappa shape index (κ2) is 5.58. The molecule has 1 nitrogen and oxygen atoms in total. The van der Waals surface area contributed by atoms with Gasteiger partial charge in [-0.3, -0.25) is 0 Å². The molecule has 0 aromatic heterocycles. The molecule has 2 rings (SSSR count). The molecule has 1 aromatic carbocycles. The largest absolute Gasteiger partial charge is 0.508 e. The Labute approximate surface area is 102 Å². The Bertz CT molecular complexity index is 331. The van der Waals surface area contributed by atoms with Gasteiger partial charge in [-0.15, -0.1) is 11.6 Å². The third-order valence-electron chi connectivity index (χ3n) is 3.53. The molecule has 1 unspecified atom stereocenters. The van der Waals surface area contributed by atoms with E-state index < -0.39 is 0 Å². The molecule has 0 amide bonds. The number of hydrogen-bond acceptors (Lipinski definition) is 1. The van der Waals surface area contributed by atoms with Crippen LogP contribution < -0.4 is 0 Å². The Kier molecular flexibility index (Phi) is 4.11. The van der Waals surface area contributed by atoms with Crippen LogP contribution in [0.1, 0.15) is 37.7 Å². The summed E-state index contributed by atoms with van der Waals surface area (Å²) in [6.07, 6.45) is 7.29. The summed E-state index contributed by atoms with van der Waals surface area (Å²) >= 11 is 6.41. The molecule has 0 aliphatic heterocycles. The number of hydrogen-bond donors (Lipinski definition) is 1. The number of alkyl halides is 1. The van der Waals surface area contributed by atoms with E-state index in [1.165, 1.54) is 31.2 Å². The van der Waals surface area contributed by atoms with Gasteiger partial charge >= 0.3 is 0 Å². The lowest BCUT2D eigenvalue weighted by Crippen LogP contribution is -2.12. The highest BCUT2D eigenvalue weighted by Gasteiger charge is 2.22. The molecule has 1 aromatic rings. The highest BCUT2D eigenvalue weighted by molar-refractivity contribution is 6.20. The highest BCUT2D eigenvalue weighted by Crippen LogP contribution is 2.32. The van der Waals surface area contributed by atoms with Crippen LogP contribution in [0.2, 0.25) is 0 Å². The third-order valence-corrected chi connectivity index (χ3v) is 4.11. The molecule has 1 aliphatic carbocycles. The number of halogens is 1. The van der Waals surface area contributed by atoms with Crippen molar-refractivity contribution in [1.29, 1.82) is 0 Å². The lowest BCUT2D eigenvalue weighted by Gasteiger charge is -2.16. The smallest absolute Gasteiger partial charge is 0.115 e. The lowest BCUT2D eigenvalue weighted by molar-refractivity contribution is 0.472. The Hall–Kier alpha value is -0.690. The minimum Gasteiger partial charge on any atom is -0.508 e. The first-order valence-corrected chi connectivity index (χ1v) is 6.61. The predicted molar refractivity (Wildman–Crippen MR) is 68.0 cm³/mol. The van der Waals surface area contributed by atoms with Crippen molar-refractivity contribution in [2.24, 2.45) is 5.92 Å². The van der Waals surface area contributed by atoms with E-state index in [0.717, 1.165) is 18.8 Å². The molecule has 1 N–H and O–H groups in total. The molecule has 0 spiro atoms. The molecule has 2 heteroatoms. The van der Waals surface area contributed by atoms with Crippen LogP contribution in [0.4, 0.5) is 0 Å². The maximum absolute atomic E-state index is 9.36. The maximum atomic E-state index is 9.36. The standard InChI is InChI=1S/C14H19ClO/c15-14(12-5-1-2-6-12)9-8-11-4-3-7-13(16)10-11/h3-4,7,10,12,14,16H,1-2,5-6,8-9H2. The van der Waals surface area contributed by atoms with Crippen molar-refractivity contribution in [2.75, 3.05) is 0 Å². The fourth-order valence-corrected chi connectivity index (χ4v) is 2.93. The van der Waals surface area contributed by atoms with E-state index in [4.69, 9.17) is 11.6 Å². The van der Waals surface area contributed by atoms with Gasteiger partial charge in [0.15, 0.2) is 0 Å². The summed E-state index contributed by atoms with van der Waals surface area (Å²) in [5, 5.41) is 9.67. The van der Waals surface area contributed by atoms with E-state index in [9.17, 15) is 5.11 Å². The molecule has 1 saturated carbocycles. The molecule has 0 radical (unpaired) electrons. The average molecular weight is 239 g/mol. The fraction of sp³-hybridized carbons (Fsp3) is 0.571. The Morgan fingerprint density at radius 1 is 1.31 bits per heavy atom. The molecule has 1 aliphatic rings. The van der Waals surface area contributed by atoms with Crippen molar-refractivity contribution >= 4 is 11.6 Å². The molecule has 0 saturated heterocycles. The minimum absolute atomic E-state index is 0.310. The zero-order valence-electron chi connectivity index (χ0n) is 9.53. The van der Waals surface area contributed by atoms with Crippen molar-refractivity contribution in [3.8, 4) is 5.75 Å². The van der Waals surface area contributed by atoms with Gasteiger partial charge < -0.3 is 5.11 Å². The van der Waals surface area contributed by atoms with E-state index in [-0.39, 0.29) is 0 Å². The first kappa shape index (κ1) is 11.8. The molecule has 1 atom stereocenters. The van der Waals surface area contributed by atoms with Crippen molar-refractivity contribution in [3.05, 3.63) is 29.8 Å². The van der Waals surface area contributed by atoms with Crippen LogP contribution in [0, 0.1) is 5.92 Å². The van der Waals surface area contributed by atoms with E-state index in [0.29, 0.717) is 11.1 Å². The normalized spacial score (nSPS) is 18.8. The van der Waals surface area contributed by atoms with Crippen LogP contribution in [0.15, 0.2) is 24.3 Å². The average Bonchev–Trinajstić information content (AvgIpc) is 2.79. The van der Waals surface area contributed by atoms with E-state index in [2.05, 4.69) is 6.07 Å². The summed E-state index contributed by atoms with van der Waals surface area (Å²) in [6.45, 7) is 0. The van der Waals surface area contributed by atoms with Gasteiger partial charge in [0.05, 0.1) is 0 Å². The second-order valence-corrected chi connectivity index (χ2v) is 5.33. The van der Waals surface area contributed by atoms with Gasteiger partial charge in [0.2, 0.25) is 0 Å².